The van der Waals surface area contributed by atoms with E-state index in [9.17, 15) is 29.3 Å². The van der Waals surface area contributed by atoms with Crippen LogP contribution in [-0.4, -0.2) is 55.2 Å². The summed E-state index contributed by atoms with van der Waals surface area (Å²) in [6.45, 7) is 5.65. The summed E-state index contributed by atoms with van der Waals surface area (Å²) in [7, 11) is 0. The number of non-ortho nitro benzene ring substituents is 1. The minimum absolute atomic E-state index is 0.00332. The molecule has 0 unspecified atom stereocenters. The maximum Gasteiger partial charge on any atom is 0.320 e. The first-order valence-electron chi connectivity index (χ1n) is 10.1. The third kappa shape index (κ3) is 6.76. The lowest BCUT2D eigenvalue weighted by Crippen LogP contribution is -2.43. The Kier molecular flexibility index (Phi) is 10.8. The third-order valence-electron chi connectivity index (χ3n) is 4.35. The van der Waals surface area contributed by atoms with Gasteiger partial charge < -0.3 is 18.9 Å². The van der Waals surface area contributed by atoms with E-state index in [0.717, 1.165) is 6.07 Å². The highest BCUT2D eigenvalue weighted by Gasteiger charge is 2.49. The topological polar surface area (TPSA) is 148 Å². The first kappa shape index (κ1) is 26.5. The van der Waals surface area contributed by atoms with E-state index in [1.807, 2.05) is 0 Å². The first-order chi connectivity index (χ1) is 15.2. The summed E-state index contributed by atoms with van der Waals surface area (Å²) < 4.78 is 20.0. The van der Waals surface area contributed by atoms with Crippen molar-refractivity contribution in [2.24, 2.45) is 11.8 Å². The fourth-order valence-corrected chi connectivity index (χ4v) is 3.13. The van der Waals surface area contributed by atoms with E-state index in [-0.39, 0.29) is 37.7 Å². The van der Waals surface area contributed by atoms with Gasteiger partial charge in [-0.25, -0.2) is 0 Å². The molecule has 176 valence electrons. The number of nitro benzene ring substituents is 1. The van der Waals surface area contributed by atoms with Crippen molar-refractivity contribution < 1.29 is 43.0 Å². The molecule has 32 heavy (non-hydrogen) atoms. The standard InChI is InChI=1S/C21H27NO10/c1-5-29-18(23)16(19(24)30-6-2)15(13-10-9-11-14(12-13)22(27)28)17(20(25)31-7-3)21(26)32-8-4/h9-12,15-17H,5-8H2,1-4H3. The zero-order valence-corrected chi connectivity index (χ0v) is 18.4. The Morgan fingerprint density at radius 3 is 1.47 bits per heavy atom. The summed E-state index contributed by atoms with van der Waals surface area (Å²) in [6.07, 6.45) is 0. The molecular formula is C21H27NO10. The van der Waals surface area contributed by atoms with Crippen LogP contribution in [0.4, 0.5) is 5.69 Å². The molecule has 1 aromatic carbocycles. The number of carbonyl (C=O) groups excluding carboxylic acids is 4. The van der Waals surface area contributed by atoms with Gasteiger partial charge in [0.2, 0.25) is 0 Å². The number of rotatable bonds is 12. The van der Waals surface area contributed by atoms with Gasteiger partial charge in [0, 0.05) is 18.1 Å². The number of nitro groups is 1. The van der Waals surface area contributed by atoms with Gasteiger partial charge in [0.05, 0.1) is 31.4 Å². The van der Waals surface area contributed by atoms with Gasteiger partial charge in [0.15, 0.2) is 11.8 Å². The van der Waals surface area contributed by atoms with E-state index >= 15 is 0 Å². The normalized spacial score (nSPS) is 10.7. The lowest BCUT2D eigenvalue weighted by molar-refractivity contribution is -0.385. The summed E-state index contributed by atoms with van der Waals surface area (Å²) in [4.78, 5) is 61.8. The lowest BCUT2D eigenvalue weighted by Gasteiger charge is -2.29. The highest BCUT2D eigenvalue weighted by Crippen LogP contribution is 2.37. The second-order valence-corrected chi connectivity index (χ2v) is 6.34. The average molecular weight is 453 g/mol. The van der Waals surface area contributed by atoms with Crippen LogP contribution >= 0.6 is 0 Å². The number of benzene rings is 1. The number of esters is 4. The molecule has 0 aliphatic carbocycles. The highest BCUT2D eigenvalue weighted by molar-refractivity contribution is 6.01. The van der Waals surface area contributed by atoms with Gasteiger partial charge in [-0.1, -0.05) is 12.1 Å². The molecule has 1 aromatic rings. The molecule has 0 aliphatic rings. The van der Waals surface area contributed by atoms with Crippen LogP contribution in [0.15, 0.2) is 24.3 Å². The van der Waals surface area contributed by atoms with Crippen molar-refractivity contribution in [2.75, 3.05) is 26.4 Å². The zero-order valence-electron chi connectivity index (χ0n) is 18.4. The second-order valence-electron chi connectivity index (χ2n) is 6.34. The minimum Gasteiger partial charge on any atom is -0.465 e. The van der Waals surface area contributed by atoms with Crippen molar-refractivity contribution in [1.29, 1.82) is 0 Å². The molecule has 1 rings (SSSR count). The smallest absolute Gasteiger partial charge is 0.320 e. The van der Waals surface area contributed by atoms with E-state index in [1.54, 1.807) is 0 Å². The van der Waals surface area contributed by atoms with Gasteiger partial charge in [-0.15, -0.1) is 0 Å². The largest absolute Gasteiger partial charge is 0.465 e. The van der Waals surface area contributed by atoms with Gasteiger partial charge in [-0.05, 0) is 33.3 Å². The van der Waals surface area contributed by atoms with Crippen LogP contribution < -0.4 is 0 Å². The first-order valence-corrected chi connectivity index (χ1v) is 10.1. The molecule has 0 heterocycles. The molecule has 0 atom stereocenters. The van der Waals surface area contributed by atoms with E-state index in [0.29, 0.717) is 0 Å². The molecule has 0 fully saturated rings. The van der Waals surface area contributed by atoms with E-state index in [2.05, 4.69) is 0 Å². The lowest BCUT2D eigenvalue weighted by atomic mass is 9.76. The van der Waals surface area contributed by atoms with E-state index in [4.69, 9.17) is 18.9 Å². The van der Waals surface area contributed by atoms with Gasteiger partial charge in [-0.2, -0.15) is 0 Å². The number of hydrogen-bond acceptors (Lipinski definition) is 10. The number of ether oxygens (including phenoxy) is 4. The molecule has 11 heteroatoms. The molecule has 0 amide bonds. The average Bonchev–Trinajstić information content (AvgIpc) is 2.74. The number of nitrogens with zero attached hydrogens (tertiary/aromatic N) is 1. The van der Waals surface area contributed by atoms with Gasteiger partial charge in [-0.3, -0.25) is 29.3 Å². The highest BCUT2D eigenvalue weighted by atomic mass is 16.6. The van der Waals surface area contributed by atoms with Crippen LogP contribution in [0.25, 0.3) is 0 Å². The van der Waals surface area contributed by atoms with Crippen LogP contribution in [0.1, 0.15) is 39.2 Å². The molecule has 0 N–H and O–H groups in total. The minimum atomic E-state index is -1.78. The van der Waals surface area contributed by atoms with Crippen LogP contribution in [0, 0.1) is 22.0 Å². The van der Waals surface area contributed by atoms with Crippen molar-refractivity contribution in [2.45, 2.75) is 33.6 Å². The van der Waals surface area contributed by atoms with E-state index < -0.39 is 46.6 Å². The Balaban J connectivity index is 3.81. The van der Waals surface area contributed by atoms with Crippen molar-refractivity contribution in [1.82, 2.24) is 0 Å². The monoisotopic (exact) mass is 453 g/mol. The third-order valence-corrected chi connectivity index (χ3v) is 4.35. The Morgan fingerprint density at radius 2 is 1.16 bits per heavy atom. The van der Waals surface area contributed by atoms with Crippen molar-refractivity contribution >= 4 is 29.6 Å². The zero-order chi connectivity index (χ0) is 24.3. The quantitative estimate of drug-likeness (QED) is 0.151. The van der Waals surface area contributed by atoms with Crippen molar-refractivity contribution in [3.8, 4) is 0 Å². The van der Waals surface area contributed by atoms with Gasteiger partial charge in [0.25, 0.3) is 5.69 Å². The number of carbonyl (C=O) groups is 4. The van der Waals surface area contributed by atoms with Crippen molar-refractivity contribution in [3.63, 3.8) is 0 Å². The predicted molar refractivity (Wildman–Crippen MR) is 109 cm³/mol. The SMILES string of the molecule is CCOC(=O)C(C(=O)OCC)C(c1cccc([N+](=O)[O-])c1)C(C(=O)OCC)C(=O)OCC. The Labute approximate surface area is 185 Å². The van der Waals surface area contributed by atoms with E-state index in [1.165, 1.54) is 45.9 Å². The van der Waals surface area contributed by atoms with Crippen LogP contribution in [0.5, 0.6) is 0 Å². The molecule has 0 spiro atoms. The Hall–Kier alpha value is -3.50. The summed E-state index contributed by atoms with van der Waals surface area (Å²) in [6, 6.07) is 4.92. The van der Waals surface area contributed by atoms with Crippen molar-refractivity contribution in [3.05, 3.63) is 39.9 Å². The summed E-state index contributed by atoms with van der Waals surface area (Å²) in [5, 5.41) is 11.3. The molecule has 0 aliphatic heterocycles. The molecule has 0 radical (unpaired) electrons. The van der Waals surface area contributed by atoms with Gasteiger partial charge >= 0.3 is 23.9 Å². The summed E-state index contributed by atoms with van der Waals surface area (Å²) in [5.74, 6) is -9.32. The fraction of sp³-hybridized carbons (Fsp3) is 0.524. The summed E-state index contributed by atoms with van der Waals surface area (Å²) >= 11 is 0. The van der Waals surface area contributed by atoms with Crippen LogP contribution in [0.3, 0.4) is 0 Å². The van der Waals surface area contributed by atoms with Crippen LogP contribution in [-0.2, 0) is 38.1 Å². The molecule has 0 bridgehead atoms. The molecular weight excluding hydrogens is 426 g/mol. The fourth-order valence-electron chi connectivity index (χ4n) is 3.13. The van der Waals surface area contributed by atoms with Gasteiger partial charge in [0.1, 0.15) is 0 Å². The predicted octanol–water partition coefficient (Wildman–Crippen LogP) is 2.16. The second kappa shape index (κ2) is 13.0. The number of hydrogen-bond donors (Lipinski definition) is 0. The van der Waals surface area contributed by atoms with Crippen LogP contribution in [0.2, 0.25) is 0 Å². The maximum absolute atomic E-state index is 12.8. The summed E-state index contributed by atoms with van der Waals surface area (Å²) in [5.41, 5.74) is -0.373. The maximum atomic E-state index is 12.8. The molecule has 0 saturated heterocycles. The molecule has 0 saturated carbocycles. The molecule has 0 aromatic heterocycles. The Morgan fingerprint density at radius 1 is 0.781 bits per heavy atom. The molecule has 11 nitrogen and oxygen atoms in total. The Bertz CT molecular complexity index is 762.